The van der Waals surface area contributed by atoms with Gasteiger partial charge in [0.15, 0.2) is 0 Å². The summed E-state index contributed by atoms with van der Waals surface area (Å²) in [5, 5.41) is 17.5. The number of rotatable bonds is 6. The summed E-state index contributed by atoms with van der Waals surface area (Å²) in [5.74, 6) is -2.54. The molecule has 36 heavy (non-hydrogen) atoms. The predicted molar refractivity (Wildman–Crippen MR) is 132 cm³/mol. The van der Waals surface area contributed by atoms with Crippen molar-refractivity contribution in [3.8, 4) is 0 Å². The molecular weight excluding hydrogens is 464 g/mol. The molecule has 1 heterocycles. The Morgan fingerprint density at radius 2 is 1.78 bits per heavy atom. The van der Waals surface area contributed by atoms with E-state index in [2.05, 4.69) is 29.5 Å². The third-order valence-electron chi connectivity index (χ3n) is 8.59. The molecule has 1 aromatic carbocycles. The van der Waals surface area contributed by atoms with E-state index in [-0.39, 0.29) is 47.6 Å². The van der Waals surface area contributed by atoms with Crippen molar-refractivity contribution in [3.05, 3.63) is 65.5 Å². The first kappa shape index (κ1) is 26.2. The third-order valence-corrected chi connectivity index (χ3v) is 8.59. The third kappa shape index (κ3) is 5.43. The molecule has 6 nitrogen and oxygen atoms in total. The number of carbonyl (C=O) groups is 2. The van der Waals surface area contributed by atoms with Gasteiger partial charge in [0.2, 0.25) is 5.91 Å². The Balaban J connectivity index is 1.42. The number of aliphatic hydroxyl groups is 1. The van der Waals surface area contributed by atoms with Crippen molar-refractivity contribution >= 4 is 11.8 Å². The van der Waals surface area contributed by atoms with Crippen molar-refractivity contribution in [2.24, 2.45) is 29.1 Å². The van der Waals surface area contributed by atoms with E-state index in [0.29, 0.717) is 11.1 Å². The molecular formula is C28H35F2N3O3. The van der Waals surface area contributed by atoms with E-state index in [4.69, 9.17) is 0 Å². The molecule has 8 heteroatoms. The molecule has 1 aromatic heterocycles. The molecule has 0 spiro atoms. The van der Waals surface area contributed by atoms with E-state index >= 15 is 0 Å². The average molecular weight is 500 g/mol. The van der Waals surface area contributed by atoms with Gasteiger partial charge in [-0.25, -0.2) is 8.78 Å². The lowest BCUT2D eigenvalue weighted by atomic mass is 9.51. The number of fused-ring (bicyclic) bond motifs is 1. The minimum Gasteiger partial charge on any atom is -0.392 e. The number of halogens is 2. The lowest BCUT2D eigenvalue weighted by Gasteiger charge is -2.56. The number of nitrogens with one attached hydrogen (secondary N) is 2. The Morgan fingerprint density at radius 1 is 1.14 bits per heavy atom. The molecule has 2 aliphatic rings. The Hall–Kier alpha value is -2.87. The smallest absolute Gasteiger partial charge is 0.251 e. The Kier molecular flexibility index (Phi) is 7.73. The summed E-state index contributed by atoms with van der Waals surface area (Å²) in [6.45, 7) is 6.10. The van der Waals surface area contributed by atoms with Crippen LogP contribution >= 0.6 is 0 Å². The number of hydrogen-bond donors (Lipinski definition) is 3. The highest BCUT2D eigenvalue weighted by Gasteiger charge is 2.53. The van der Waals surface area contributed by atoms with Gasteiger partial charge >= 0.3 is 0 Å². The van der Waals surface area contributed by atoms with Crippen LogP contribution in [-0.4, -0.2) is 34.1 Å². The second-order valence-electron chi connectivity index (χ2n) is 10.9. The molecule has 0 saturated heterocycles. The Morgan fingerprint density at radius 3 is 2.44 bits per heavy atom. The number of pyridine rings is 1. The molecule has 7 atom stereocenters. The summed E-state index contributed by atoms with van der Waals surface area (Å²) >= 11 is 0. The topological polar surface area (TPSA) is 91.3 Å². The van der Waals surface area contributed by atoms with Crippen LogP contribution in [0.15, 0.2) is 42.7 Å². The van der Waals surface area contributed by atoms with Gasteiger partial charge in [0.1, 0.15) is 11.6 Å². The molecule has 194 valence electrons. The number of aromatic nitrogens is 1. The fourth-order valence-corrected chi connectivity index (χ4v) is 6.51. The zero-order valence-electron chi connectivity index (χ0n) is 21.0. The SMILES string of the molecule is CC(C(=O)NCc1cc(F)cc(F)c1)C1CCC2(C)CCC(NC(=O)c3ccncc3)C(C)C2C1O. The van der Waals surface area contributed by atoms with Crippen LogP contribution in [0.2, 0.25) is 0 Å². The quantitative estimate of drug-likeness (QED) is 0.555. The van der Waals surface area contributed by atoms with Gasteiger partial charge in [-0.05, 0) is 78.7 Å². The van der Waals surface area contributed by atoms with E-state index in [0.717, 1.165) is 31.7 Å². The normalized spacial score (nSPS) is 30.7. The molecule has 3 N–H and O–H groups in total. The molecule has 2 saturated carbocycles. The molecule has 0 bridgehead atoms. The molecule has 2 aromatic rings. The van der Waals surface area contributed by atoms with Gasteiger partial charge in [0, 0.05) is 42.5 Å². The van der Waals surface area contributed by atoms with Crippen LogP contribution in [0.4, 0.5) is 8.78 Å². The largest absolute Gasteiger partial charge is 0.392 e. The summed E-state index contributed by atoms with van der Waals surface area (Å²) < 4.78 is 27.0. The van der Waals surface area contributed by atoms with E-state index < -0.39 is 23.7 Å². The fourth-order valence-electron chi connectivity index (χ4n) is 6.51. The number of amides is 2. The van der Waals surface area contributed by atoms with Crippen LogP contribution in [0.3, 0.4) is 0 Å². The first-order chi connectivity index (χ1) is 17.1. The van der Waals surface area contributed by atoms with E-state index in [1.165, 1.54) is 12.1 Å². The van der Waals surface area contributed by atoms with E-state index in [1.807, 2.05) is 0 Å². The van der Waals surface area contributed by atoms with Crippen LogP contribution in [0.5, 0.6) is 0 Å². The van der Waals surface area contributed by atoms with Gasteiger partial charge in [-0.3, -0.25) is 14.6 Å². The second kappa shape index (κ2) is 10.6. The number of hydrogen-bond acceptors (Lipinski definition) is 4. The van der Waals surface area contributed by atoms with Crippen LogP contribution in [0, 0.1) is 40.7 Å². The van der Waals surface area contributed by atoms with Gasteiger partial charge in [0.05, 0.1) is 6.10 Å². The highest BCUT2D eigenvalue weighted by Crippen LogP contribution is 2.55. The summed E-state index contributed by atoms with van der Waals surface area (Å²) in [6, 6.07) is 6.46. The standard InChI is InChI=1S/C28H35F2N3O3/c1-16(26(35)32-15-18-12-20(29)14-21(30)13-18)22-4-8-28(3)9-5-23(17(2)24(28)25(22)34)33-27(36)19-6-10-31-11-7-19/h6-7,10-14,16-17,22-25,34H,4-5,8-9,15H2,1-3H3,(H,32,35)(H,33,36). The second-order valence-corrected chi connectivity index (χ2v) is 10.9. The minimum absolute atomic E-state index is 0.0152. The first-order valence-corrected chi connectivity index (χ1v) is 12.7. The van der Waals surface area contributed by atoms with Crippen molar-refractivity contribution in [3.63, 3.8) is 0 Å². The first-order valence-electron chi connectivity index (χ1n) is 12.7. The van der Waals surface area contributed by atoms with Crippen LogP contribution in [-0.2, 0) is 11.3 Å². The van der Waals surface area contributed by atoms with Gasteiger partial charge in [-0.2, -0.15) is 0 Å². The van der Waals surface area contributed by atoms with Crippen LogP contribution in [0.1, 0.15) is 62.4 Å². The van der Waals surface area contributed by atoms with Crippen LogP contribution < -0.4 is 10.6 Å². The maximum atomic E-state index is 13.5. The Bertz CT molecular complexity index is 1080. The molecule has 2 aliphatic carbocycles. The van der Waals surface area contributed by atoms with Crippen LogP contribution in [0.25, 0.3) is 0 Å². The van der Waals surface area contributed by atoms with Gasteiger partial charge in [-0.15, -0.1) is 0 Å². The predicted octanol–water partition coefficient (Wildman–Crippen LogP) is 4.23. The molecule has 2 amide bonds. The van der Waals surface area contributed by atoms with Crippen molar-refractivity contribution < 1.29 is 23.5 Å². The maximum absolute atomic E-state index is 13.5. The molecule has 0 aliphatic heterocycles. The number of carbonyl (C=O) groups excluding carboxylic acids is 2. The number of benzene rings is 1. The zero-order chi connectivity index (χ0) is 26.0. The minimum atomic E-state index is -0.702. The summed E-state index contributed by atoms with van der Waals surface area (Å²) in [5.41, 5.74) is 0.831. The van der Waals surface area contributed by atoms with E-state index in [9.17, 15) is 23.5 Å². The van der Waals surface area contributed by atoms with Crippen molar-refractivity contribution in [2.75, 3.05) is 0 Å². The average Bonchev–Trinajstić information content (AvgIpc) is 2.84. The lowest BCUT2D eigenvalue weighted by Crippen LogP contribution is -2.58. The highest BCUT2D eigenvalue weighted by atomic mass is 19.1. The molecule has 2 fully saturated rings. The molecule has 7 unspecified atom stereocenters. The molecule has 4 rings (SSSR count). The van der Waals surface area contributed by atoms with Gasteiger partial charge in [-0.1, -0.05) is 20.8 Å². The number of aliphatic hydroxyl groups excluding tert-OH is 1. The Labute approximate surface area is 210 Å². The summed E-state index contributed by atoms with van der Waals surface area (Å²) in [4.78, 5) is 29.7. The molecule has 0 radical (unpaired) electrons. The summed E-state index contributed by atoms with van der Waals surface area (Å²) in [7, 11) is 0. The monoisotopic (exact) mass is 499 g/mol. The van der Waals surface area contributed by atoms with Crippen molar-refractivity contribution in [2.45, 2.75) is 65.1 Å². The van der Waals surface area contributed by atoms with Crippen molar-refractivity contribution in [1.82, 2.24) is 15.6 Å². The highest BCUT2D eigenvalue weighted by molar-refractivity contribution is 5.94. The van der Waals surface area contributed by atoms with Gasteiger partial charge < -0.3 is 15.7 Å². The number of nitrogens with zero attached hydrogens (tertiary/aromatic N) is 1. The lowest BCUT2D eigenvalue weighted by molar-refractivity contribution is -0.142. The fraction of sp³-hybridized carbons (Fsp3) is 0.536. The van der Waals surface area contributed by atoms with E-state index in [1.54, 1.807) is 31.5 Å². The summed E-state index contributed by atoms with van der Waals surface area (Å²) in [6.07, 6.45) is 5.80. The van der Waals surface area contributed by atoms with Crippen molar-refractivity contribution in [1.29, 1.82) is 0 Å². The zero-order valence-corrected chi connectivity index (χ0v) is 21.0. The van der Waals surface area contributed by atoms with Gasteiger partial charge in [0.25, 0.3) is 5.91 Å². The maximum Gasteiger partial charge on any atom is 0.251 e.